The van der Waals surface area contributed by atoms with E-state index in [1.54, 1.807) is 0 Å². The van der Waals surface area contributed by atoms with Gasteiger partial charge in [-0.3, -0.25) is 9.59 Å². The summed E-state index contributed by atoms with van der Waals surface area (Å²) in [6, 6.07) is 6.00. The summed E-state index contributed by atoms with van der Waals surface area (Å²) >= 11 is 5.81. The van der Waals surface area contributed by atoms with Crippen LogP contribution in [0, 0.1) is 11.8 Å². The SMILES string of the molecule is CC(C)CCNC(=O)COC(=O)C1CCN(S(=O)(=O)c2ccc(Cl)cc2)CC1. The van der Waals surface area contributed by atoms with Gasteiger partial charge >= 0.3 is 5.97 Å². The van der Waals surface area contributed by atoms with Crippen LogP contribution in [0.15, 0.2) is 29.2 Å². The van der Waals surface area contributed by atoms with Crippen LogP contribution in [0.3, 0.4) is 0 Å². The molecular formula is C19H27ClN2O5S. The van der Waals surface area contributed by atoms with Gasteiger partial charge < -0.3 is 10.1 Å². The Morgan fingerprint density at radius 1 is 1.21 bits per heavy atom. The average Bonchev–Trinajstić information content (AvgIpc) is 2.66. The number of carbonyl (C=O) groups excluding carboxylic acids is 2. The van der Waals surface area contributed by atoms with Crippen LogP contribution in [0.4, 0.5) is 0 Å². The lowest BCUT2D eigenvalue weighted by atomic mass is 9.98. The van der Waals surface area contributed by atoms with E-state index in [1.165, 1.54) is 28.6 Å². The fourth-order valence-electron chi connectivity index (χ4n) is 2.89. The molecule has 0 bridgehead atoms. The molecule has 7 nitrogen and oxygen atoms in total. The highest BCUT2D eigenvalue weighted by atomic mass is 35.5. The molecule has 156 valence electrons. The predicted octanol–water partition coefficient (Wildman–Crippen LogP) is 2.45. The molecule has 1 amide bonds. The summed E-state index contributed by atoms with van der Waals surface area (Å²) in [7, 11) is -3.61. The number of hydrogen-bond donors (Lipinski definition) is 1. The second-order valence-electron chi connectivity index (χ2n) is 7.27. The van der Waals surface area contributed by atoms with Crippen molar-refractivity contribution in [1.29, 1.82) is 0 Å². The first-order valence-corrected chi connectivity index (χ1v) is 11.2. The Bertz CT molecular complexity index is 772. The molecule has 0 unspecified atom stereocenters. The van der Waals surface area contributed by atoms with Crippen molar-refractivity contribution in [2.75, 3.05) is 26.2 Å². The standard InChI is InChI=1S/C19H27ClN2O5S/c1-14(2)7-10-21-18(23)13-27-19(24)15-8-11-22(12-9-15)28(25,26)17-5-3-16(20)4-6-17/h3-6,14-15H,7-13H2,1-2H3,(H,21,23). The molecule has 1 aromatic rings. The monoisotopic (exact) mass is 430 g/mol. The molecule has 1 aliphatic rings. The first-order chi connectivity index (χ1) is 13.2. The van der Waals surface area contributed by atoms with E-state index in [0.717, 1.165) is 6.42 Å². The summed E-state index contributed by atoms with van der Waals surface area (Å²) in [5, 5.41) is 3.17. The van der Waals surface area contributed by atoms with Gasteiger partial charge in [-0.2, -0.15) is 4.31 Å². The number of nitrogens with one attached hydrogen (secondary N) is 1. The minimum Gasteiger partial charge on any atom is -0.455 e. The third kappa shape index (κ3) is 6.46. The molecule has 0 spiro atoms. The Morgan fingerprint density at radius 3 is 2.39 bits per heavy atom. The van der Waals surface area contributed by atoms with Crippen LogP contribution in [0.25, 0.3) is 0 Å². The van der Waals surface area contributed by atoms with E-state index in [0.29, 0.717) is 30.3 Å². The van der Waals surface area contributed by atoms with Crippen LogP contribution in [-0.4, -0.2) is 50.8 Å². The molecule has 0 aromatic heterocycles. The Morgan fingerprint density at radius 2 is 1.82 bits per heavy atom. The van der Waals surface area contributed by atoms with E-state index < -0.39 is 21.9 Å². The highest BCUT2D eigenvalue weighted by molar-refractivity contribution is 7.89. The Balaban J connectivity index is 1.79. The Kier molecular flexibility index (Phi) is 8.27. The van der Waals surface area contributed by atoms with Crippen molar-refractivity contribution in [1.82, 2.24) is 9.62 Å². The zero-order chi connectivity index (χ0) is 20.7. The molecule has 0 aliphatic carbocycles. The summed E-state index contributed by atoms with van der Waals surface area (Å²) in [4.78, 5) is 24.0. The van der Waals surface area contributed by atoms with Gasteiger partial charge in [-0.25, -0.2) is 8.42 Å². The number of benzene rings is 1. The Hall–Kier alpha value is -1.64. The van der Waals surface area contributed by atoms with Gasteiger partial charge in [-0.15, -0.1) is 0 Å². The number of hydrogen-bond acceptors (Lipinski definition) is 5. The number of rotatable bonds is 8. The first kappa shape index (κ1) is 22.6. The van der Waals surface area contributed by atoms with Gasteiger partial charge in [0.1, 0.15) is 0 Å². The molecule has 0 saturated carbocycles. The summed E-state index contributed by atoms with van der Waals surface area (Å²) < 4.78 is 31.7. The predicted molar refractivity (Wildman–Crippen MR) is 106 cm³/mol. The summed E-state index contributed by atoms with van der Waals surface area (Å²) in [6.45, 7) is 4.82. The van der Waals surface area contributed by atoms with Gasteiger partial charge in [0.2, 0.25) is 10.0 Å². The van der Waals surface area contributed by atoms with Gasteiger partial charge in [0.15, 0.2) is 6.61 Å². The van der Waals surface area contributed by atoms with E-state index in [1.807, 2.05) is 0 Å². The quantitative estimate of drug-likeness (QED) is 0.639. The fourth-order valence-corrected chi connectivity index (χ4v) is 4.49. The number of halogens is 1. The van der Waals surface area contributed by atoms with E-state index in [9.17, 15) is 18.0 Å². The second-order valence-corrected chi connectivity index (χ2v) is 9.65. The number of piperidine rings is 1. The molecule has 1 heterocycles. The molecule has 0 atom stereocenters. The summed E-state index contributed by atoms with van der Waals surface area (Å²) in [5.74, 6) is -0.698. The highest BCUT2D eigenvalue weighted by Gasteiger charge is 2.32. The molecule has 0 radical (unpaired) electrons. The van der Waals surface area contributed by atoms with Gasteiger partial charge in [-0.05, 0) is 49.4 Å². The van der Waals surface area contributed by atoms with Gasteiger partial charge in [0.25, 0.3) is 5.91 Å². The number of esters is 1. The minimum absolute atomic E-state index is 0.177. The molecular weight excluding hydrogens is 404 g/mol. The third-order valence-electron chi connectivity index (χ3n) is 4.63. The zero-order valence-corrected chi connectivity index (χ0v) is 17.8. The first-order valence-electron chi connectivity index (χ1n) is 9.39. The second kappa shape index (κ2) is 10.2. The molecule has 1 fully saturated rings. The summed E-state index contributed by atoms with van der Waals surface area (Å²) in [5.41, 5.74) is 0. The third-order valence-corrected chi connectivity index (χ3v) is 6.79. The lowest BCUT2D eigenvalue weighted by Crippen LogP contribution is -2.41. The van der Waals surface area contributed by atoms with Crippen molar-refractivity contribution in [3.05, 3.63) is 29.3 Å². The highest BCUT2D eigenvalue weighted by Crippen LogP contribution is 2.25. The van der Waals surface area contributed by atoms with Crippen LogP contribution in [0.1, 0.15) is 33.1 Å². The topological polar surface area (TPSA) is 92.8 Å². The summed E-state index contributed by atoms with van der Waals surface area (Å²) in [6.07, 6.45) is 1.58. The van der Waals surface area contributed by atoms with Crippen molar-refractivity contribution >= 4 is 33.5 Å². The molecule has 1 aromatic carbocycles. The maximum absolute atomic E-state index is 12.7. The number of nitrogens with zero attached hydrogens (tertiary/aromatic N) is 1. The van der Waals surface area contributed by atoms with Crippen LogP contribution in [0.5, 0.6) is 0 Å². The van der Waals surface area contributed by atoms with Crippen molar-refractivity contribution < 1.29 is 22.7 Å². The molecule has 1 saturated heterocycles. The smallest absolute Gasteiger partial charge is 0.309 e. The van der Waals surface area contributed by atoms with E-state index in [2.05, 4.69) is 19.2 Å². The van der Waals surface area contributed by atoms with E-state index in [-0.39, 0.29) is 30.5 Å². The van der Waals surface area contributed by atoms with Gasteiger partial charge in [0.05, 0.1) is 10.8 Å². The van der Waals surface area contributed by atoms with Crippen LogP contribution in [0.2, 0.25) is 5.02 Å². The fraction of sp³-hybridized carbons (Fsp3) is 0.579. The lowest BCUT2D eigenvalue weighted by Gasteiger charge is -2.30. The number of carbonyl (C=O) groups is 2. The largest absolute Gasteiger partial charge is 0.455 e. The van der Waals surface area contributed by atoms with Crippen molar-refractivity contribution in [3.63, 3.8) is 0 Å². The molecule has 1 aliphatic heterocycles. The average molecular weight is 431 g/mol. The van der Waals surface area contributed by atoms with Gasteiger partial charge in [-0.1, -0.05) is 25.4 Å². The normalized spacial score (nSPS) is 16.1. The van der Waals surface area contributed by atoms with E-state index in [4.69, 9.17) is 16.3 Å². The Labute approximate surface area is 171 Å². The number of ether oxygens (including phenoxy) is 1. The zero-order valence-electron chi connectivity index (χ0n) is 16.2. The maximum atomic E-state index is 12.7. The van der Waals surface area contributed by atoms with Crippen molar-refractivity contribution in [3.8, 4) is 0 Å². The minimum atomic E-state index is -3.61. The van der Waals surface area contributed by atoms with Crippen molar-refractivity contribution in [2.45, 2.75) is 38.0 Å². The van der Waals surface area contributed by atoms with Crippen LogP contribution >= 0.6 is 11.6 Å². The number of sulfonamides is 1. The molecule has 2 rings (SSSR count). The van der Waals surface area contributed by atoms with Crippen LogP contribution in [-0.2, 0) is 24.3 Å². The van der Waals surface area contributed by atoms with E-state index >= 15 is 0 Å². The molecule has 9 heteroatoms. The molecule has 1 N–H and O–H groups in total. The van der Waals surface area contributed by atoms with Crippen LogP contribution < -0.4 is 5.32 Å². The maximum Gasteiger partial charge on any atom is 0.309 e. The molecule has 28 heavy (non-hydrogen) atoms. The van der Waals surface area contributed by atoms with Gasteiger partial charge in [0, 0.05) is 24.7 Å². The van der Waals surface area contributed by atoms with Crippen molar-refractivity contribution in [2.24, 2.45) is 11.8 Å². The lowest BCUT2D eigenvalue weighted by molar-refractivity contribution is -0.153. The number of amides is 1.